The molecule has 26 heavy (non-hydrogen) atoms. The smallest absolute Gasteiger partial charge is 0.330 e. The summed E-state index contributed by atoms with van der Waals surface area (Å²) in [5.74, 6) is 0.657. The molecule has 0 bridgehead atoms. The first-order valence-corrected chi connectivity index (χ1v) is 9.54. The third kappa shape index (κ3) is 3.07. The van der Waals surface area contributed by atoms with Crippen LogP contribution in [0.15, 0.2) is 28.8 Å². The molecule has 4 rings (SSSR count). The van der Waals surface area contributed by atoms with Crippen molar-refractivity contribution in [2.75, 3.05) is 5.75 Å². The largest absolute Gasteiger partial charge is 0.454 e. The predicted octanol–water partition coefficient (Wildman–Crippen LogP) is 2.89. The van der Waals surface area contributed by atoms with Crippen molar-refractivity contribution in [3.63, 3.8) is 0 Å². The van der Waals surface area contributed by atoms with Gasteiger partial charge in [-0.15, -0.1) is 11.8 Å². The van der Waals surface area contributed by atoms with Crippen molar-refractivity contribution >= 4 is 35.2 Å². The molecule has 2 aromatic rings. The van der Waals surface area contributed by atoms with Crippen LogP contribution in [0, 0.1) is 0 Å². The van der Waals surface area contributed by atoms with Crippen LogP contribution in [0.1, 0.15) is 25.7 Å². The van der Waals surface area contributed by atoms with Crippen molar-refractivity contribution in [2.24, 2.45) is 0 Å². The molecular weight excluding hydrogens is 378 g/mol. The van der Waals surface area contributed by atoms with Crippen LogP contribution in [-0.2, 0) is 20.9 Å². The standard InChI is InChI=1S/C17H16ClN3O4S/c1-17-6-5-14(22)21(17)12(9-26-17)16(23)24-8-13-19-15(20-25-13)10-3-2-4-11(18)7-10/h2-4,7,12H,5-6,8-9H2,1H3/t12-,17-/m0/s1. The van der Waals surface area contributed by atoms with E-state index in [1.54, 1.807) is 34.9 Å². The highest BCUT2D eigenvalue weighted by atomic mass is 35.5. The van der Waals surface area contributed by atoms with E-state index in [9.17, 15) is 9.59 Å². The van der Waals surface area contributed by atoms with Crippen molar-refractivity contribution in [1.82, 2.24) is 15.0 Å². The zero-order valence-corrected chi connectivity index (χ0v) is 15.5. The number of nitrogens with zero attached hydrogens (tertiary/aromatic N) is 3. The Hall–Kier alpha value is -2.06. The Labute approximate surface area is 159 Å². The topological polar surface area (TPSA) is 85.5 Å². The minimum Gasteiger partial charge on any atom is -0.454 e. The van der Waals surface area contributed by atoms with Gasteiger partial charge in [-0.1, -0.05) is 28.9 Å². The number of thioether (sulfide) groups is 1. The third-order valence-electron chi connectivity index (χ3n) is 4.61. The summed E-state index contributed by atoms with van der Waals surface area (Å²) >= 11 is 7.57. The molecule has 2 aliphatic rings. The number of esters is 1. The summed E-state index contributed by atoms with van der Waals surface area (Å²) in [5, 5.41) is 4.44. The number of rotatable bonds is 4. The van der Waals surface area contributed by atoms with Gasteiger partial charge >= 0.3 is 5.97 Å². The zero-order chi connectivity index (χ0) is 18.3. The summed E-state index contributed by atoms with van der Waals surface area (Å²) in [6, 6.07) is 6.51. The minimum atomic E-state index is -0.560. The first kappa shape index (κ1) is 17.4. The molecule has 0 unspecified atom stereocenters. The molecule has 0 N–H and O–H groups in total. The van der Waals surface area contributed by atoms with Crippen molar-refractivity contribution < 1.29 is 18.8 Å². The van der Waals surface area contributed by atoms with Crippen LogP contribution in [0.25, 0.3) is 11.4 Å². The maximum Gasteiger partial charge on any atom is 0.330 e. The van der Waals surface area contributed by atoms with Gasteiger partial charge in [-0.25, -0.2) is 4.79 Å². The van der Waals surface area contributed by atoms with E-state index >= 15 is 0 Å². The summed E-state index contributed by atoms with van der Waals surface area (Å²) < 4.78 is 10.5. The highest BCUT2D eigenvalue weighted by Crippen LogP contribution is 2.47. The van der Waals surface area contributed by atoms with Crippen molar-refractivity contribution in [2.45, 2.75) is 37.3 Å². The van der Waals surface area contributed by atoms with Crippen LogP contribution >= 0.6 is 23.4 Å². The molecule has 2 saturated heterocycles. The van der Waals surface area contributed by atoms with E-state index in [1.165, 1.54) is 0 Å². The Bertz CT molecular complexity index is 873. The molecule has 1 aromatic heterocycles. The molecule has 0 saturated carbocycles. The number of amides is 1. The van der Waals surface area contributed by atoms with Crippen molar-refractivity contribution in [3.8, 4) is 11.4 Å². The molecule has 1 amide bonds. The van der Waals surface area contributed by atoms with E-state index in [-0.39, 0.29) is 23.3 Å². The van der Waals surface area contributed by atoms with Crippen LogP contribution in [-0.4, -0.2) is 43.6 Å². The fourth-order valence-electron chi connectivity index (χ4n) is 3.28. The van der Waals surface area contributed by atoms with Gasteiger partial charge in [0.1, 0.15) is 6.04 Å². The molecule has 7 nitrogen and oxygen atoms in total. The number of hydrogen-bond donors (Lipinski definition) is 0. The molecule has 0 radical (unpaired) electrons. The van der Waals surface area contributed by atoms with E-state index in [0.717, 1.165) is 6.42 Å². The van der Waals surface area contributed by atoms with Crippen LogP contribution < -0.4 is 0 Å². The molecule has 136 valence electrons. The average molecular weight is 394 g/mol. The molecule has 2 fully saturated rings. The van der Waals surface area contributed by atoms with Gasteiger partial charge < -0.3 is 14.2 Å². The SMILES string of the molecule is C[C@]12CCC(=O)N1[C@H](C(=O)OCc1nc(-c3cccc(Cl)c3)no1)CS2. The Morgan fingerprint density at radius 2 is 2.38 bits per heavy atom. The first-order valence-electron chi connectivity index (χ1n) is 8.17. The Kier molecular flexibility index (Phi) is 4.40. The van der Waals surface area contributed by atoms with Crippen LogP contribution in [0.4, 0.5) is 0 Å². The number of carbonyl (C=O) groups excluding carboxylic acids is 2. The maximum absolute atomic E-state index is 12.4. The summed E-state index contributed by atoms with van der Waals surface area (Å²) in [6.07, 6.45) is 1.23. The molecule has 0 aliphatic carbocycles. The fourth-order valence-corrected chi connectivity index (χ4v) is 4.89. The molecule has 0 spiro atoms. The normalized spacial score (nSPS) is 24.8. The summed E-state index contributed by atoms with van der Waals surface area (Å²) in [4.78, 5) is 30.1. The Morgan fingerprint density at radius 3 is 3.19 bits per heavy atom. The Morgan fingerprint density at radius 1 is 1.54 bits per heavy atom. The number of fused-ring (bicyclic) bond motifs is 1. The van der Waals surface area contributed by atoms with E-state index in [1.807, 2.05) is 13.0 Å². The van der Waals surface area contributed by atoms with Crippen molar-refractivity contribution in [1.29, 1.82) is 0 Å². The predicted molar refractivity (Wildman–Crippen MR) is 95.3 cm³/mol. The zero-order valence-electron chi connectivity index (χ0n) is 14.0. The van der Waals surface area contributed by atoms with Gasteiger partial charge in [0.15, 0.2) is 6.61 Å². The molecular formula is C17H16ClN3O4S. The second-order valence-corrected chi connectivity index (χ2v) is 8.33. The summed E-state index contributed by atoms with van der Waals surface area (Å²) in [6.45, 7) is 1.86. The van der Waals surface area contributed by atoms with Gasteiger partial charge in [0.25, 0.3) is 5.89 Å². The van der Waals surface area contributed by atoms with E-state index < -0.39 is 12.0 Å². The van der Waals surface area contributed by atoms with E-state index in [2.05, 4.69) is 10.1 Å². The number of ether oxygens (including phenoxy) is 1. The molecule has 2 atom stereocenters. The summed E-state index contributed by atoms with van der Waals surface area (Å²) in [5.41, 5.74) is 0.712. The van der Waals surface area contributed by atoms with Crippen LogP contribution in [0.3, 0.4) is 0 Å². The second-order valence-electron chi connectivity index (χ2n) is 6.40. The lowest BCUT2D eigenvalue weighted by molar-refractivity contribution is -0.155. The highest BCUT2D eigenvalue weighted by molar-refractivity contribution is 8.01. The second kappa shape index (κ2) is 6.59. The molecule has 3 heterocycles. The monoisotopic (exact) mass is 393 g/mol. The first-order chi connectivity index (χ1) is 12.5. The molecule has 2 aliphatic heterocycles. The summed E-state index contributed by atoms with van der Waals surface area (Å²) in [7, 11) is 0. The number of aromatic nitrogens is 2. The number of hydrogen-bond acceptors (Lipinski definition) is 7. The Balaban J connectivity index is 1.40. The van der Waals surface area contributed by atoms with Gasteiger partial charge in [0, 0.05) is 22.8 Å². The molecule has 1 aromatic carbocycles. The number of benzene rings is 1. The number of halogens is 1. The van der Waals surface area contributed by atoms with Gasteiger partial charge in [0.05, 0.1) is 4.87 Å². The quantitative estimate of drug-likeness (QED) is 0.738. The van der Waals surface area contributed by atoms with Crippen LogP contribution in [0.2, 0.25) is 5.02 Å². The number of carbonyl (C=O) groups is 2. The highest BCUT2D eigenvalue weighted by Gasteiger charge is 2.53. The van der Waals surface area contributed by atoms with Gasteiger partial charge in [0.2, 0.25) is 11.7 Å². The van der Waals surface area contributed by atoms with Crippen LogP contribution in [0.5, 0.6) is 0 Å². The molecule has 9 heteroatoms. The fraction of sp³-hybridized carbons (Fsp3) is 0.412. The lowest BCUT2D eigenvalue weighted by Gasteiger charge is -2.29. The lowest BCUT2D eigenvalue weighted by atomic mass is 10.2. The average Bonchev–Trinajstić information content (AvgIpc) is 3.29. The minimum absolute atomic E-state index is 0.000447. The maximum atomic E-state index is 12.4. The van der Waals surface area contributed by atoms with Crippen molar-refractivity contribution in [3.05, 3.63) is 35.2 Å². The third-order valence-corrected chi connectivity index (χ3v) is 6.35. The van der Waals surface area contributed by atoms with Gasteiger partial charge in [-0.2, -0.15) is 4.98 Å². The van der Waals surface area contributed by atoms with E-state index in [0.29, 0.717) is 28.6 Å². The van der Waals surface area contributed by atoms with Gasteiger partial charge in [-0.3, -0.25) is 4.79 Å². The van der Waals surface area contributed by atoms with E-state index in [4.69, 9.17) is 20.9 Å². The lowest BCUT2D eigenvalue weighted by Crippen LogP contribution is -2.46. The van der Waals surface area contributed by atoms with Gasteiger partial charge in [-0.05, 0) is 25.5 Å².